The first kappa shape index (κ1) is 18.5. The van der Waals surface area contributed by atoms with Crippen LogP contribution in [0.3, 0.4) is 0 Å². The van der Waals surface area contributed by atoms with Crippen LogP contribution in [0.25, 0.3) is 0 Å². The number of hydrogen-bond acceptors (Lipinski definition) is 4. The van der Waals surface area contributed by atoms with Crippen molar-refractivity contribution in [1.82, 2.24) is 9.78 Å². The summed E-state index contributed by atoms with van der Waals surface area (Å²) in [6, 6.07) is 8.72. The SMILES string of the molecule is CC(C)c1cc(C(=O)Nc2ccc(OCCCC(=O)O)cc2)nn1C. The number of nitrogens with zero attached hydrogens (tertiary/aromatic N) is 2. The molecule has 0 saturated heterocycles. The fourth-order valence-corrected chi connectivity index (χ4v) is 2.38. The number of aliphatic carboxylic acids is 1. The van der Waals surface area contributed by atoms with E-state index in [4.69, 9.17) is 9.84 Å². The first-order valence-corrected chi connectivity index (χ1v) is 8.16. The normalized spacial score (nSPS) is 10.7. The van der Waals surface area contributed by atoms with Gasteiger partial charge in [-0.25, -0.2) is 0 Å². The van der Waals surface area contributed by atoms with Crippen LogP contribution in [-0.4, -0.2) is 33.4 Å². The summed E-state index contributed by atoms with van der Waals surface area (Å²) in [5, 5.41) is 15.6. The minimum atomic E-state index is -0.836. The molecule has 1 aromatic carbocycles. The van der Waals surface area contributed by atoms with Gasteiger partial charge in [-0.3, -0.25) is 14.3 Å². The first-order valence-electron chi connectivity index (χ1n) is 8.16. The third-order valence-electron chi connectivity index (χ3n) is 3.66. The Labute approximate surface area is 146 Å². The van der Waals surface area contributed by atoms with Crippen molar-refractivity contribution in [2.75, 3.05) is 11.9 Å². The molecule has 1 amide bonds. The van der Waals surface area contributed by atoms with Gasteiger partial charge < -0.3 is 15.2 Å². The summed E-state index contributed by atoms with van der Waals surface area (Å²) in [7, 11) is 1.82. The molecule has 134 valence electrons. The lowest BCUT2D eigenvalue weighted by atomic mass is 10.1. The minimum Gasteiger partial charge on any atom is -0.494 e. The van der Waals surface area contributed by atoms with Gasteiger partial charge in [0.15, 0.2) is 5.69 Å². The summed E-state index contributed by atoms with van der Waals surface area (Å²) >= 11 is 0. The lowest BCUT2D eigenvalue weighted by Crippen LogP contribution is -2.13. The summed E-state index contributed by atoms with van der Waals surface area (Å²) in [5.74, 6) is -0.186. The quantitative estimate of drug-likeness (QED) is 0.717. The van der Waals surface area contributed by atoms with Crippen LogP contribution < -0.4 is 10.1 Å². The molecular formula is C18H23N3O4. The van der Waals surface area contributed by atoms with E-state index >= 15 is 0 Å². The molecule has 0 atom stereocenters. The number of carboxylic acid groups (broad SMARTS) is 1. The Morgan fingerprint density at radius 3 is 2.52 bits per heavy atom. The van der Waals surface area contributed by atoms with Gasteiger partial charge in [0.1, 0.15) is 5.75 Å². The van der Waals surface area contributed by atoms with Crippen molar-refractivity contribution < 1.29 is 19.4 Å². The highest BCUT2D eigenvalue weighted by Gasteiger charge is 2.14. The van der Waals surface area contributed by atoms with Crippen molar-refractivity contribution in [3.63, 3.8) is 0 Å². The van der Waals surface area contributed by atoms with Crippen LogP contribution in [0.2, 0.25) is 0 Å². The van der Waals surface area contributed by atoms with E-state index in [1.54, 1.807) is 35.0 Å². The van der Waals surface area contributed by atoms with Crippen molar-refractivity contribution in [1.29, 1.82) is 0 Å². The second kappa shape index (κ2) is 8.32. The number of ether oxygens (including phenoxy) is 1. The van der Waals surface area contributed by atoms with Gasteiger partial charge in [-0.05, 0) is 42.7 Å². The summed E-state index contributed by atoms with van der Waals surface area (Å²) < 4.78 is 7.17. The standard InChI is InChI=1S/C18H23N3O4/c1-12(2)16-11-15(20-21(16)3)18(24)19-13-6-8-14(9-7-13)25-10-4-5-17(22)23/h6-9,11-12H,4-5,10H2,1-3H3,(H,19,24)(H,22,23). The third-order valence-corrected chi connectivity index (χ3v) is 3.66. The predicted octanol–water partition coefficient (Wildman–Crippen LogP) is 3.04. The summed E-state index contributed by atoms with van der Waals surface area (Å²) in [5.41, 5.74) is 2.01. The summed E-state index contributed by atoms with van der Waals surface area (Å²) in [6.45, 7) is 4.44. The fraction of sp³-hybridized carbons (Fsp3) is 0.389. The highest BCUT2D eigenvalue weighted by atomic mass is 16.5. The topological polar surface area (TPSA) is 93.4 Å². The number of hydrogen-bond donors (Lipinski definition) is 2. The van der Waals surface area contributed by atoms with E-state index in [9.17, 15) is 9.59 Å². The Hall–Kier alpha value is -2.83. The molecule has 0 aliphatic heterocycles. The van der Waals surface area contributed by atoms with Crippen molar-refractivity contribution in [3.8, 4) is 5.75 Å². The molecule has 0 aliphatic carbocycles. The Balaban J connectivity index is 1.91. The highest BCUT2D eigenvalue weighted by Crippen LogP contribution is 2.18. The van der Waals surface area contributed by atoms with Crippen LogP contribution in [-0.2, 0) is 11.8 Å². The number of aryl methyl sites for hydroxylation is 1. The van der Waals surface area contributed by atoms with E-state index in [2.05, 4.69) is 10.4 Å². The number of anilines is 1. The van der Waals surface area contributed by atoms with E-state index in [0.29, 0.717) is 30.2 Å². The third kappa shape index (κ3) is 5.34. The van der Waals surface area contributed by atoms with Gasteiger partial charge in [-0.15, -0.1) is 0 Å². The average molecular weight is 345 g/mol. The maximum absolute atomic E-state index is 12.3. The monoisotopic (exact) mass is 345 g/mol. The highest BCUT2D eigenvalue weighted by molar-refractivity contribution is 6.02. The number of nitrogens with one attached hydrogen (secondary N) is 1. The van der Waals surface area contributed by atoms with Gasteiger partial charge in [0.25, 0.3) is 5.91 Å². The number of aromatic nitrogens is 2. The summed E-state index contributed by atoms with van der Waals surface area (Å²) in [4.78, 5) is 22.7. The lowest BCUT2D eigenvalue weighted by molar-refractivity contribution is -0.137. The molecule has 0 spiro atoms. The largest absolute Gasteiger partial charge is 0.494 e. The van der Waals surface area contributed by atoms with E-state index in [0.717, 1.165) is 5.69 Å². The molecule has 0 aliphatic rings. The van der Waals surface area contributed by atoms with Crippen LogP contribution in [0.4, 0.5) is 5.69 Å². The van der Waals surface area contributed by atoms with E-state index in [1.165, 1.54) is 0 Å². The summed E-state index contributed by atoms with van der Waals surface area (Å²) in [6.07, 6.45) is 0.530. The zero-order valence-corrected chi connectivity index (χ0v) is 14.7. The van der Waals surface area contributed by atoms with E-state index < -0.39 is 5.97 Å². The van der Waals surface area contributed by atoms with Crippen molar-refractivity contribution >= 4 is 17.6 Å². The lowest BCUT2D eigenvalue weighted by Gasteiger charge is -2.07. The molecule has 25 heavy (non-hydrogen) atoms. The molecule has 2 aromatic rings. The number of carboxylic acids is 1. The first-order chi connectivity index (χ1) is 11.9. The van der Waals surface area contributed by atoms with Crippen molar-refractivity contribution in [2.24, 2.45) is 7.05 Å². The molecule has 0 fully saturated rings. The van der Waals surface area contributed by atoms with Crippen LogP contribution in [0.1, 0.15) is 48.8 Å². The number of benzene rings is 1. The molecular weight excluding hydrogens is 322 g/mol. The predicted molar refractivity (Wildman–Crippen MR) is 94.1 cm³/mol. The Kier molecular flexibility index (Phi) is 6.16. The van der Waals surface area contributed by atoms with Gasteiger partial charge in [-0.2, -0.15) is 5.10 Å². The van der Waals surface area contributed by atoms with Crippen LogP contribution in [0, 0.1) is 0 Å². The zero-order valence-electron chi connectivity index (χ0n) is 14.7. The molecule has 1 aromatic heterocycles. The van der Waals surface area contributed by atoms with Gasteiger partial charge in [0.2, 0.25) is 0 Å². The number of carbonyl (C=O) groups excluding carboxylic acids is 1. The molecule has 7 heteroatoms. The number of carbonyl (C=O) groups is 2. The Bertz CT molecular complexity index is 735. The number of rotatable bonds is 8. The second-order valence-electron chi connectivity index (χ2n) is 6.06. The molecule has 7 nitrogen and oxygen atoms in total. The minimum absolute atomic E-state index is 0.0799. The van der Waals surface area contributed by atoms with E-state index in [-0.39, 0.29) is 18.2 Å². The average Bonchev–Trinajstić information content (AvgIpc) is 2.95. The zero-order chi connectivity index (χ0) is 18.4. The smallest absolute Gasteiger partial charge is 0.303 e. The molecule has 0 saturated carbocycles. The fourth-order valence-electron chi connectivity index (χ4n) is 2.38. The maximum Gasteiger partial charge on any atom is 0.303 e. The molecule has 1 heterocycles. The second-order valence-corrected chi connectivity index (χ2v) is 6.06. The van der Waals surface area contributed by atoms with Gasteiger partial charge in [-0.1, -0.05) is 13.8 Å². The molecule has 0 unspecified atom stereocenters. The van der Waals surface area contributed by atoms with Crippen LogP contribution in [0.15, 0.2) is 30.3 Å². The van der Waals surface area contributed by atoms with E-state index in [1.807, 2.05) is 20.9 Å². The molecule has 2 N–H and O–H groups in total. The van der Waals surface area contributed by atoms with Crippen molar-refractivity contribution in [2.45, 2.75) is 32.6 Å². The van der Waals surface area contributed by atoms with Gasteiger partial charge >= 0.3 is 5.97 Å². The maximum atomic E-state index is 12.3. The molecule has 2 rings (SSSR count). The number of amides is 1. The Morgan fingerprint density at radius 1 is 1.28 bits per heavy atom. The molecule has 0 bridgehead atoms. The van der Waals surface area contributed by atoms with Crippen LogP contribution >= 0.6 is 0 Å². The van der Waals surface area contributed by atoms with Crippen LogP contribution in [0.5, 0.6) is 5.75 Å². The van der Waals surface area contributed by atoms with Gasteiger partial charge in [0, 0.05) is 24.8 Å². The van der Waals surface area contributed by atoms with Gasteiger partial charge in [0.05, 0.1) is 6.61 Å². The molecule has 0 radical (unpaired) electrons. The Morgan fingerprint density at radius 2 is 1.96 bits per heavy atom. The van der Waals surface area contributed by atoms with Crippen molar-refractivity contribution in [3.05, 3.63) is 41.7 Å².